The van der Waals surface area contributed by atoms with Gasteiger partial charge in [0.2, 0.25) is 0 Å². The Morgan fingerprint density at radius 3 is 2.59 bits per heavy atom. The van der Waals surface area contributed by atoms with E-state index in [2.05, 4.69) is 15.6 Å². The molecule has 27 heavy (non-hydrogen) atoms. The lowest BCUT2D eigenvalue weighted by molar-refractivity contribution is 0.311. The van der Waals surface area contributed by atoms with Gasteiger partial charge in [-0.1, -0.05) is 6.07 Å². The van der Waals surface area contributed by atoms with Crippen LogP contribution in [0.15, 0.2) is 47.5 Å². The van der Waals surface area contributed by atoms with Gasteiger partial charge in [0.1, 0.15) is 18.2 Å². The van der Waals surface area contributed by atoms with Crippen molar-refractivity contribution in [3.8, 4) is 17.2 Å². The van der Waals surface area contributed by atoms with Gasteiger partial charge in [0.25, 0.3) is 0 Å². The third kappa shape index (κ3) is 7.49. The second-order valence-electron chi connectivity index (χ2n) is 5.23. The van der Waals surface area contributed by atoms with Crippen LogP contribution >= 0.6 is 24.0 Å². The molecule has 0 saturated heterocycles. The lowest BCUT2D eigenvalue weighted by Gasteiger charge is -2.15. The zero-order valence-electron chi connectivity index (χ0n) is 15.6. The minimum absolute atomic E-state index is 0. The van der Waals surface area contributed by atoms with Crippen molar-refractivity contribution in [2.45, 2.75) is 6.92 Å². The van der Waals surface area contributed by atoms with Crippen LogP contribution in [0.1, 0.15) is 6.92 Å². The molecule has 0 saturated carbocycles. The van der Waals surface area contributed by atoms with E-state index in [1.165, 1.54) is 12.1 Å². The highest BCUT2D eigenvalue weighted by atomic mass is 127. The average Bonchev–Trinajstić information content (AvgIpc) is 2.65. The molecule has 0 unspecified atom stereocenters. The Bertz CT molecular complexity index is 744. The first-order valence-electron chi connectivity index (χ1n) is 8.33. The maximum absolute atomic E-state index is 13.1. The van der Waals surface area contributed by atoms with Crippen molar-refractivity contribution in [3.63, 3.8) is 0 Å². The lowest BCUT2D eigenvalue weighted by atomic mass is 10.2. The Hall–Kier alpha value is -2.23. The van der Waals surface area contributed by atoms with E-state index in [9.17, 15) is 4.39 Å². The number of benzene rings is 2. The molecule has 0 radical (unpaired) electrons. The van der Waals surface area contributed by atoms with Gasteiger partial charge in [-0.15, -0.1) is 24.0 Å². The van der Waals surface area contributed by atoms with Gasteiger partial charge in [0, 0.05) is 24.9 Å². The van der Waals surface area contributed by atoms with E-state index in [4.69, 9.17) is 14.2 Å². The summed E-state index contributed by atoms with van der Waals surface area (Å²) in [5.74, 6) is 2.08. The summed E-state index contributed by atoms with van der Waals surface area (Å²) in [4.78, 5) is 4.17. The van der Waals surface area contributed by atoms with Gasteiger partial charge < -0.3 is 24.8 Å². The van der Waals surface area contributed by atoms with E-state index in [1.807, 2.05) is 25.1 Å². The highest BCUT2D eigenvalue weighted by Gasteiger charge is 2.07. The average molecular weight is 489 g/mol. The van der Waals surface area contributed by atoms with Gasteiger partial charge in [0.15, 0.2) is 17.5 Å². The van der Waals surface area contributed by atoms with Gasteiger partial charge in [-0.05, 0) is 31.2 Å². The molecule has 2 N–H and O–H groups in total. The number of ether oxygens (including phenoxy) is 3. The molecule has 8 heteroatoms. The topological polar surface area (TPSA) is 64.1 Å². The fourth-order valence-corrected chi connectivity index (χ4v) is 2.23. The van der Waals surface area contributed by atoms with E-state index >= 15 is 0 Å². The third-order valence-corrected chi connectivity index (χ3v) is 3.41. The van der Waals surface area contributed by atoms with Gasteiger partial charge in [-0.2, -0.15) is 0 Å². The number of guanidine groups is 1. The summed E-state index contributed by atoms with van der Waals surface area (Å²) in [7, 11) is 3.28. The molecular formula is C19H25FIN3O3. The number of hydrogen-bond donors (Lipinski definition) is 2. The summed E-state index contributed by atoms with van der Waals surface area (Å²) in [6.07, 6.45) is 0. The molecule has 148 valence electrons. The SMILES string of the molecule is CCOc1cc(NC(=NC)NCCOc2cccc(F)c2)ccc1OC.I. The van der Waals surface area contributed by atoms with Gasteiger partial charge in [-0.3, -0.25) is 4.99 Å². The molecule has 0 spiro atoms. The largest absolute Gasteiger partial charge is 0.493 e. The number of rotatable bonds is 8. The second kappa shape index (κ2) is 12.2. The first-order chi connectivity index (χ1) is 12.7. The molecule has 0 atom stereocenters. The molecule has 0 bridgehead atoms. The quantitative estimate of drug-likeness (QED) is 0.255. The van der Waals surface area contributed by atoms with Crippen LogP contribution in [0.4, 0.5) is 10.1 Å². The van der Waals surface area contributed by atoms with E-state index in [0.717, 1.165) is 5.69 Å². The van der Waals surface area contributed by atoms with Crippen LogP contribution < -0.4 is 24.8 Å². The van der Waals surface area contributed by atoms with Crippen molar-refractivity contribution in [1.82, 2.24) is 5.32 Å². The Morgan fingerprint density at radius 2 is 1.93 bits per heavy atom. The number of methoxy groups -OCH3 is 1. The molecule has 0 aliphatic carbocycles. The molecule has 0 heterocycles. The number of anilines is 1. The Morgan fingerprint density at radius 1 is 1.11 bits per heavy atom. The summed E-state index contributed by atoms with van der Waals surface area (Å²) in [6, 6.07) is 11.6. The maximum atomic E-state index is 13.1. The Balaban J connectivity index is 0.00000364. The summed E-state index contributed by atoms with van der Waals surface area (Å²) in [5.41, 5.74) is 0.813. The number of aliphatic imine (C=N–C) groups is 1. The molecule has 2 rings (SSSR count). The van der Waals surface area contributed by atoms with Crippen molar-refractivity contribution in [3.05, 3.63) is 48.3 Å². The lowest BCUT2D eigenvalue weighted by Crippen LogP contribution is -2.33. The molecule has 0 amide bonds. The number of halogens is 2. The van der Waals surface area contributed by atoms with Crippen LogP contribution in [0.25, 0.3) is 0 Å². The first kappa shape index (κ1) is 22.8. The fourth-order valence-electron chi connectivity index (χ4n) is 2.23. The van der Waals surface area contributed by atoms with Crippen LogP contribution in [-0.2, 0) is 0 Å². The first-order valence-corrected chi connectivity index (χ1v) is 8.33. The standard InChI is InChI=1S/C19H24FN3O3.HI/c1-4-25-18-13-15(8-9-17(18)24-3)23-19(21-2)22-10-11-26-16-7-5-6-14(20)12-16;/h5-9,12-13H,4,10-11H2,1-3H3,(H2,21,22,23);1H. The van der Waals surface area contributed by atoms with Crippen LogP contribution in [-0.4, -0.2) is 39.9 Å². The number of nitrogens with zero attached hydrogens (tertiary/aromatic N) is 1. The Kier molecular flexibility index (Phi) is 10.3. The fraction of sp³-hybridized carbons (Fsp3) is 0.316. The molecule has 0 fully saturated rings. The predicted molar refractivity (Wildman–Crippen MR) is 116 cm³/mol. The molecule has 2 aromatic carbocycles. The zero-order valence-corrected chi connectivity index (χ0v) is 18.0. The highest BCUT2D eigenvalue weighted by molar-refractivity contribution is 14.0. The third-order valence-electron chi connectivity index (χ3n) is 3.41. The minimum atomic E-state index is -0.322. The van der Waals surface area contributed by atoms with Gasteiger partial charge in [-0.25, -0.2) is 4.39 Å². The molecule has 0 aromatic heterocycles. The van der Waals surface area contributed by atoms with Gasteiger partial charge >= 0.3 is 0 Å². The van der Waals surface area contributed by atoms with Crippen LogP contribution in [0.3, 0.4) is 0 Å². The van der Waals surface area contributed by atoms with E-state index in [1.54, 1.807) is 26.3 Å². The van der Waals surface area contributed by atoms with Crippen molar-refractivity contribution >= 4 is 35.6 Å². The zero-order chi connectivity index (χ0) is 18.8. The van der Waals surface area contributed by atoms with E-state index in [-0.39, 0.29) is 29.8 Å². The highest BCUT2D eigenvalue weighted by Crippen LogP contribution is 2.30. The van der Waals surface area contributed by atoms with Crippen molar-refractivity contribution in [2.75, 3.05) is 39.2 Å². The maximum Gasteiger partial charge on any atom is 0.195 e. The normalized spacial score (nSPS) is 10.6. The van der Waals surface area contributed by atoms with Crippen LogP contribution in [0.5, 0.6) is 17.2 Å². The molecule has 0 aliphatic heterocycles. The smallest absolute Gasteiger partial charge is 0.195 e. The predicted octanol–water partition coefficient (Wildman–Crippen LogP) is 3.92. The van der Waals surface area contributed by atoms with Gasteiger partial charge in [0.05, 0.1) is 20.3 Å². The summed E-state index contributed by atoms with van der Waals surface area (Å²) < 4.78 is 29.4. The minimum Gasteiger partial charge on any atom is -0.493 e. The molecule has 2 aromatic rings. The molecule has 0 aliphatic rings. The van der Waals surface area contributed by atoms with Crippen LogP contribution in [0.2, 0.25) is 0 Å². The molecular weight excluding hydrogens is 464 g/mol. The second-order valence-corrected chi connectivity index (χ2v) is 5.23. The molecule has 6 nitrogen and oxygen atoms in total. The summed E-state index contributed by atoms with van der Waals surface area (Å²) in [6.45, 7) is 3.34. The van der Waals surface area contributed by atoms with Crippen molar-refractivity contribution in [2.24, 2.45) is 4.99 Å². The Labute approximate surface area is 176 Å². The van der Waals surface area contributed by atoms with Crippen molar-refractivity contribution < 1.29 is 18.6 Å². The van der Waals surface area contributed by atoms with E-state index < -0.39 is 0 Å². The van der Waals surface area contributed by atoms with E-state index in [0.29, 0.717) is 43.0 Å². The van der Waals surface area contributed by atoms with Crippen molar-refractivity contribution in [1.29, 1.82) is 0 Å². The summed E-state index contributed by atoms with van der Waals surface area (Å²) in [5, 5.41) is 6.31. The summed E-state index contributed by atoms with van der Waals surface area (Å²) >= 11 is 0. The van der Waals surface area contributed by atoms with Crippen LogP contribution in [0, 0.1) is 5.82 Å². The number of nitrogens with one attached hydrogen (secondary N) is 2. The number of hydrogen-bond acceptors (Lipinski definition) is 4. The monoisotopic (exact) mass is 489 g/mol.